The van der Waals surface area contributed by atoms with Crippen LogP contribution < -0.4 is 5.32 Å². The van der Waals surface area contributed by atoms with E-state index in [0.29, 0.717) is 29.6 Å². The molecule has 1 heterocycles. The van der Waals surface area contributed by atoms with E-state index in [1.165, 1.54) is 0 Å². The van der Waals surface area contributed by atoms with Crippen molar-refractivity contribution in [3.63, 3.8) is 0 Å². The van der Waals surface area contributed by atoms with E-state index in [2.05, 4.69) is 10.5 Å². The van der Waals surface area contributed by atoms with Gasteiger partial charge < -0.3 is 15.1 Å². The summed E-state index contributed by atoms with van der Waals surface area (Å²) >= 11 is 12.1. The molecule has 29 heavy (non-hydrogen) atoms. The zero-order valence-electron chi connectivity index (χ0n) is 16.8. The molecule has 0 radical (unpaired) electrons. The monoisotopic (exact) mass is 433 g/mol. The number of benzene rings is 2. The zero-order chi connectivity index (χ0) is 21.0. The summed E-state index contributed by atoms with van der Waals surface area (Å²) in [6, 6.07) is 14.9. The van der Waals surface area contributed by atoms with Gasteiger partial charge in [-0.2, -0.15) is 0 Å². The quantitative estimate of drug-likeness (QED) is 0.676. The summed E-state index contributed by atoms with van der Waals surface area (Å²) in [5, 5.41) is 8.56. The Morgan fingerprint density at radius 3 is 2.55 bits per heavy atom. The van der Waals surface area contributed by atoms with Crippen molar-refractivity contribution in [1.29, 1.82) is 0 Å². The number of nitrogens with zero attached hydrogens (tertiary/aromatic N) is 2. The Kier molecular flexibility index (Phi) is 6.70. The molecule has 1 atom stereocenters. The third kappa shape index (κ3) is 6.38. The molecule has 2 aromatic carbocycles. The van der Waals surface area contributed by atoms with E-state index in [4.69, 9.17) is 28.0 Å². The summed E-state index contributed by atoms with van der Waals surface area (Å²) < 4.78 is 0. The maximum atomic E-state index is 12.9. The number of amides is 2. The standard InChI is InChI=1S/C22H25Cl2N3O2/c1-22(2,3)25-21(28)27(13-15-5-4-6-18(24)11-15)14-19-12-20(26-29-19)16-7-9-17(23)10-8-16/h4-11,19H,12-14H2,1-3H3,(H,25,28). The van der Waals surface area contributed by atoms with Gasteiger partial charge in [0, 0.05) is 28.5 Å². The molecule has 0 saturated heterocycles. The zero-order valence-corrected chi connectivity index (χ0v) is 18.3. The highest BCUT2D eigenvalue weighted by Crippen LogP contribution is 2.21. The fourth-order valence-corrected chi connectivity index (χ4v) is 3.40. The molecule has 1 unspecified atom stereocenters. The van der Waals surface area contributed by atoms with Crippen molar-refractivity contribution in [1.82, 2.24) is 10.2 Å². The Balaban J connectivity index is 1.69. The minimum absolute atomic E-state index is 0.152. The first kappa shape index (κ1) is 21.5. The smallest absolute Gasteiger partial charge is 0.318 e. The SMILES string of the molecule is CC(C)(C)NC(=O)N(Cc1cccc(Cl)c1)CC1CC(c2ccc(Cl)cc2)=NO1. The highest BCUT2D eigenvalue weighted by atomic mass is 35.5. The van der Waals surface area contributed by atoms with Gasteiger partial charge in [0.15, 0.2) is 6.10 Å². The third-order valence-electron chi connectivity index (χ3n) is 4.37. The lowest BCUT2D eigenvalue weighted by atomic mass is 10.0. The molecule has 3 rings (SSSR count). The molecule has 0 saturated carbocycles. The van der Waals surface area contributed by atoms with Crippen LogP contribution in [0, 0.1) is 0 Å². The molecule has 154 valence electrons. The number of rotatable bonds is 5. The van der Waals surface area contributed by atoms with Crippen molar-refractivity contribution in [2.45, 2.75) is 45.4 Å². The number of hydrogen-bond acceptors (Lipinski definition) is 3. The van der Waals surface area contributed by atoms with Crippen LogP contribution in [0.15, 0.2) is 53.7 Å². The predicted molar refractivity (Wildman–Crippen MR) is 118 cm³/mol. The Morgan fingerprint density at radius 1 is 1.17 bits per heavy atom. The number of oxime groups is 1. The first-order valence-electron chi connectivity index (χ1n) is 9.50. The second-order valence-corrected chi connectivity index (χ2v) is 9.04. The molecule has 0 fully saturated rings. The van der Waals surface area contributed by atoms with E-state index in [-0.39, 0.29) is 17.7 Å². The van der Waals surface area contributed by atoms with Crippen molar-refractivity contribution < 1.29 is 9.63 Å². The Morgan fingerprint density at radius 2 is 1.90 bits per heavy atom. The Bertz CT molecular complexity index is 892. The van der Waals surface area contributed by atoms with E-state index in [1.54, 1.807) is 4.90 Å². The summed E-state index contributed by atoms with van der Waals surface area (Å²) in [4.78, 5) is 20.3. The van der Waals surface area contributed by atoms with Crippen molar-refractivity contribution in [3.05, 3.63) is 69.7 Å². The minimum Gasteiger partial charge on any atom is -0.390 e. The summed E-state index contributed by atoms with van der Waals surface area (Å²) in [5.74, 6) is 0. The van der Waals surface area contributed by atoms with E-state index in [0.717, 1.165) is 16.8 Å². The number of carbonyl (C=O) groups excluding carboxylic acids is 1. The van der Waals surface area contributed by atoms with E-state index < -0.39 is 0 Å². The van der Waals surface area contributed by atoms with Crippen LogP contribution in [0.5, 0.6) is 0 Å². The maximum Gasteiger partial charge on any atom is 0.318 e. The van der Waals surface area contributed by atoms with Crippen molar-refractivity contribution in [3.8, 4) is 0 Å². The molecule has 2 aromatic rings. The largest absolute Gasteiger partial charge is 0.390 e. The van der Waals surface area contributed by atoms with Gasteiger partial charge in [0.25, 0.3) is 0 Å². The second kappa shape index (κ2) is 9.06. The fourth-order valence-electron chi connectivity index (χ4n) is 3.06. The normalized spacial score (nSPS) is 16.2. The molecule has 0 aromatic heterocycles. The lowest BCUT2D eigenvalue weighted by Crippen LogP contribution is -2.50. The minimum atomic E-state index is -0.342. The topological polar surface area (TPSA) is 53.9 Å². The lowest BCUT2D eigenvalue weighted by molar-refractivity contribution is 0.0580. The summed E-state index contributed by atoms with van der Waals surface area (Å²) in [7, 11) is 0. The van der Waals surface area contributed by atoms with E-state index in [9.17, 15) is 4.79 Å². The number of nitrogens with one attached hydrogen (secondary N) is 1. The van der Waals surface area contributed by atoms with Gasteiger partial charge >= 0.3 is 6.03 Å². The van der Waals surface area contributed by atoms with Gasteiger partial charge in [-0.3, -0.25) is 0 Å². The molecule has 1 N–H and O–H groups in total. The van der Waals surface area contributed by atoms with Gasteiger partial charge in [-0.25, -0.2) is 4.79 Å². The predicted octanol–water partition coefficient (Wildman–Crippen LogP) is 5.50. The third-order valence-corrected chi connectivity index (χ3v) is 4.85. The number of hydrogen-bond donors (Lipinski definition) is 1. The summed E-state index contributed by atoms with van der Waals surface area (Å²) in [5.41, 5.74) is 2.44. The molecule has 0 spiro atoms. The van der Waals surface area contributed by atoms with E-state index >= 15 is 0 Å². The molecular formula is C22H25Cl2N3O2. The summed E-state index contributed by atoms with van der Waals surface area (Å²) in [6.07, 6.45) is 0.404. The molecule has 1 aliphatic heterocycles. The fraction of sp³-hybridized carbons (Fsp3) is 0.364. The lowest BCUT2D eigenvalue weighted by Gasteiger charge is -2.29. The van der Waals surface area contributed by atoms with Crippen LogP contribution in [0.4, 0.5) is 4.79 Å². The highest BCUT2D eigenvalue weighted by molar-refractivity contribution is 6.31. The van der Waals surface area contributed by atoms with Crippen LogP contribution in [0.25, 0.3) is 0 Å². The van der Waals surface area contributed by atoms with Crippen molar-refractivity contribution in [2.24, 2.45) is 5.16 Å². The van der Waals surface area contributed by atoms with Crippen LogP contribution in [0.1, 0.15) is 38.3 Å². The highest BCUT2D eigenvalue weighted by Gasteiger charge is 2.28. The van der Waals surface area contributed by atoms with Crippen molar-refractivity contribution >= 4 is 34.9 Å². The molecular weight excluding hydrogens is 409 g/mol. The van der Waals surface area contributed by atoms with Crippen LogP contribution in [-0.4, -0.2) is 34.8 Å². The Labute approximate surface area is 181 Å². The van der Waals surface area contributed by atoms with Crippen LogP contribution in [0.2, 0.25) is 10.0 Å². The Hall–Kier alpha value is -2.24. The molecule has 0 bridgehead atoms. The first-order chi connectivity index (χ1) is 13.7. The molecule has 0 aliphatic carbocycles. The van der Waals surface area contributed by atoms with Crippen LogP contribution in [-0.2, 0) is 11.4 Å². The first-order valence-corrected chi connectivity index (χ1v) is 10.3. The van der Waals surface area contributed by atoms with Gasteiger partial charge in [0.05, 0.1) is 12.3 Å². The molecule has 1 aliphatic rings. The molecule has 7 heteroatoms. The molecule has 5 nitrogen and oxygen atoms in total. The van der Waals surface area contributed by atoms with E-state index in [1.807, 2.05) is 69.3 Å². The number of carbonyl (C=O) groups is 1. The average molecular weight is 434 g/mol. The number of halogens is 2. The number of urea groups is 1. The van der Waals surface area contributed by atoms with Gasteiger partial charge in [0.1, 0.15) is 0 Å². The average Bonchev–Trinajstić information content (AvgIpc) is 3.09. The van der Waals surface area contributed by atoms with Crippen molar-refractivity contribution in [2.75, 3.05) is 6.54 Å². The van der Waals surface area contributed by atoms with Crippen LogP contribution in [0.3, 0.4) is 0 Å². The van der Waals surface area contributed by atoms with Crippen LogP contribution >= 0.6 is 23.2 Å². The maximum absolute atomic E-state index is 12.9. The second-order valence-electron chi connectivity index (χ2n) is 8.17. The van der Waals surface area contributed by atoms with Gasteiger partial charge in [0.2, 0.25) is 0 Å². The molecule has 2 amide bonds. The van der Waals surface area contributed by atoms with Gasteiger partial charge in [-0.05, 0) is 56.2 Å². The summed E-state index contributed by atoms with van der Waals surface area (Å²) in [6.45, 7) is 6.70. The van der Waals surface area contributed by atoms with Gasteiger partial charge in [-0.1, -0.05) is 52.6 Å². The van der Waals surface area contributed by atoms with Gasteiger partial charge in [-0.15, -0.1) is 0 Å².